The Morgan fingerprint density at radius 1 is 1.15 bits per heavy atom. The highest BCUT2D eigenvalue weighted by molar-refractivity contribution is 6.14. The van der Waals surface area contributed by atoms with Crippen molar-refractivity contribution >= 4 is 28.6 Å². The fourth-order valence-corrected chi connectivity index (χ4v) is 2.10. The van der Waals surface area contributed by atoms with E-state index in [-0.39, 0.29) is 29.9 Å². The van der Waals surface area contributed by atoms with Crippen molar-refractivity contribution in [3.63, 3.8) is 0 Å². The lowest BCUT2D eigenvalue weighted by Crippen LogP contribution is -2.20. The van der Waals surface area contributed by atoms with Gasteiger partial charge in [0.05, 0.1) is 25.7 Å². The number of rotatable bonds is 7. The molecule has 0 bridgehead atoms. The van der Waals surface area contributed by atoms with E-state index in [2.05, 4.69) is 5.32 Å². The number of carbonyl (C=O) groups is 2. The van der Waals surface area contributed by atoms with E-state index in [0.29, 0.717) is 16.7 Å². The van der Waals surface area contributed by atoms with E-state index in [1.54, 1.807) is 32.0 Å². The van der Waals surface area contributed by atoms with Crippen LogP contribution in [0.1, 0.15) is 13.8 Å². The highest BCUT2D eigenvalue weighted by atomic mass is 16.6. The van der Waals surface area contributed by atoms with Gasteiger partial charge in [0.2, 0.25) is 5.43 Å². The van der Waals surface area contributed by atoms with Gasteiger partial charge in [-0.3, -0.25) is 4.79 Å². The number of carbonyl (C=O) groups excluding carboxylic acids is 2. The Hall–Kier alpha value is -3.29. The molecule has 2 aromatic rings. The van der Waals surface area contributed by atoms with Gasteiger partial charge in [-0.2, -0.15) is 0 Å². The van der Waals surface area contributed by atoms with Crippen molar-refractivity contribution in [3.05, 3.63) is 46.5 Å². The lowest BCUT2D eigenvalue weighted by molar-refractivity contribution is -0.146. The number of hydrogen-bond donors (Lipinski definition) is 1. The first-order valence-electron chi connectivity index (χ1n) is 7.92. The standard InChI is InChI=1S/C18H19NO7/c1-4-24-17(21)13(18(22)25-5-2)9-19-14-10-26-15-8-11(23-3)6-7-12(15)16(14)20/h6-10,19H,4-5H2,1-3H3. The van der Waals surface area contributed by atoms with Gasteiger partial charge in [-0.15, -0.1) is 0 Å². The first-order chi connectivity index (χ1) is 12.5. The molecule has 0 saturated heterocycles. The molecule has 1 aromatic heterocycles. The highest BCUT2D eigenvalue weighted by Gasteiger charge is 2.21. The van der Waals surface area contributed by atoms with Crippen molar-refractivity contribution in [2.45, 2.75) is 13.8 Å². The Morgan fingerprint density at radius 3 is 2.38 bits per heavy atom. The summed E-state index contributed by atoms with van der Waals surface area (Å²) in [4.78, 5) is 36.3. The monoisotopic (exact) mass is 361 g/mol. The molecule has 26 heavy (non-hydrogen) atoms. The van der Waals surface area contributed by atoms with E-state index in [0.717, 1.165) is 6.20 Å². The molecular formula is C18H19NO7. The Balaban J connectivity index is 2.36. The van der Waals surface area contributed by atoms with E-state index in [4.69, 9.17) is 18.6 Å². The maximum atomic E-state index is 12.5. The van der Waals surface area contributed by atoms with Crippen LogP contribution < -0.4 is 15.5 Å². The molecule has 1 heterocycles. The fraction of sp³-hybridized carbons (Fsp3) is 0.278. The minimum Gasteiger partial charge on any atom is -0.497 e. The fourth-order valence-electron chi connectivity index (χ4n) is 2.10. The molecular weight excluding hydrogens is 342 g/mol. The Labute approximate surface area is 149 Å². The molecule has 0 aliphatic carbocycles. The van der Waals surface area contributed by atoms with Crippen molar-refractivity contribution < 1.29 is 28.2 Å². The molecule has 0 atom stereocenters. The molecule has 0 spiro atoms. The van der Waals surface area contributed by atoms with Crippen molar-refractivity contribution in [1.82, 2.24) is 0 Å². The van der Waals surface area contributed by atoms with Gasteiger partial charge in [0.1, 0.15) is 23.3 Å². The number of methoxy groups -OCH3 is 1. The van der Waals surface area contributed by atoms with Crippen LogP contribution >= 0.6 is 0 Å². The summed E-state index contributed by atoms with van der Waals surface area (Å²) in [5.74, 6) is -1.16. The largest absolute Gasteiger partial charge is 0.497 e. The predicted molar refractivity (Wildman–Crippen MR) is 94.0 cm³/mol. The number of esters is 2. The van der Waals surface area contributed by atoms with E-state index in [9.17, 15) is 14.4 Å². The van der Waals surface area contributed by atoms with Crippen LogP contribution in [0.5, 0.6) is 5.75 Å². The summed E-state index contributed by atoms with van der Waals surface area (Å²) < 4.78 is 20.1. The van der Waals surface area contributed by atoms with Crippen molar-refractivity contribution in [2.75, 3.05) is 25.6 Å². The molecule has 1 aromatic carbocycles. The quantitative estimate of drug-likeness (QED) is 0.346. The number of nitrogens with one attached hydrogen (secondary N) is 1. The summed E-state index contributed by atoms with van der Waals surface area (Å²) in [6.45, 7) is 3.41. The van der Waals surface area contributed by atoms with Gasteiger partial charge < -0.3 is 23.9 Å². The van der Waals surface area contributed by atoms with Gasteiger partial charge in [-0.05, 0) is 26.0 Å². The van der Waals surface area contributed by atoms with E-state index in [1.807, 2.05) is 0 Å². The molecule has 0 radical (unpaired) electrons. The molecule has 0 amide bonds. The van der Waals surface area contributed by atoms with Crippen molar-refractivity contribution in [3.8, 4) is 5.75 Å². The van der Waals surface area contributed by atoms with Gasteiger partial charge in [0.15, 0.2) is 5.57 Å². The topological polar surface area (TPSA) is 104 Å². The summed E-state index contributed by atoms with van der Waals surface area (Å²) in [6.07, 6.45) is 2.26. The van der Waals surface area contributed by atoms with Gasteiger partial charge in [-0.1, -0.05) is 0 Å². The predicted octanol–water partition coefficient (Wildman–Crippen LogP) is 2.22. The zero-order chi connectivity index (χ0) is 19.1. The molecule has 138 valence electrons. The molecule has 0 aliphatic heterocycles. The Kier molecular flexibility index (Phi) is 6.37. The summed E-state index contributed by atoms with van der Waals surface area (Å²) >= 11 is 0. The molecule has 0 saturated carbocycles. The zero-order valence-corrected chi connectivity index (χ0v) is 14.7. The first kappa shape index (κ1) is 19.0. The summed E-state index contributed by atoms with van der Waals surface area (Å²) in [7, 11) is 1.51. The van der Waals surface area contributed by atoms with Crippen LogP contribution in [0.4, 0.5) is 5.69 Å². The average molecular weight is 361 g/mol. The number of anilines is 1. The second-order valence-corrected chi connectivity index (χ2v) is 4.98. The van der Waals surface area contributed by atoms with E-state index in [1.165, 1.54) is 13.4 Å². The number of ether oxygens (including phenoxy) is 3. The Morgan fingerprint density at radius 2 is 1.81 bits per heavy atom. The minimum atomic E-state index is -0.853. The van der Waals surface area contributed by atoms with Crippen LogP contribution in [0.15, 0.2) is 45.4 Å². The van der Waals surface area contributed by atoms with Crippen LogP contribution in [0.2, 0.25) is 0 Å². The molecule has 0 aliphatic rings. The lowest BCUT2D eigenvalue weighted by atomic mass is 10.2. The third kappa shape index (κ3) is 4.21. The molecule has 2 rings (SSSR count). The zero-order valence-electron chi connectivity index (χ0n) is 14.7. The number of benzene rings is 1. The second kappa shape index (κ2) is 8.70. The van der Waals surface area contributed by atoms with E-state index >= 15 is 0 Å². The maximum absolute atomic E-state index is 12.5. The van der Waals surface area contributed by atoms with Crippen LogP contribution in [-0.2, 0) is 19.1 Å². The maximum Gasteiger partial charge on any atom is 0.347 e. The van der Waals surface area contributed by atoms with Crippen LogP contribution in [0.25, 0.3) is 11.0 Å². The highest BCUT2D eigenvalue weighted by Crippen LogP contribution is 2.20. The molecule has 8 nitrogen and oxygen atoms in total. The van der Waals surface area contributed by atoms with Gasteiger partial charge in [0, 0.05) is 12.3 Å². The lowest BCUT2D eigenvalue weighted by Gasteiger charge is -2.08. The molecule has 0 fully saturated rings. The first-order valence-corrected chi connectivity index (χ1v) is 7.92. The third-order valence-corrected chi connectivity index (χ3v) is 3.34. The van der Waals surface area contributed by atoms with Crippen molar-refractivity contribution in [1.29, 1.82) is 0 Å². The van der Waals surface area contributed by atoms with E-state index < -0.39 is 11.9 Å². The van der Waals surface area contributed by atoms with Crippen LogP contribution in [0, 0.1) is 0 Å². The number of hydrogen-bond acceptors (Lipinski definition) is 8. The molecule has 0 unspecified atom stereocenters. The van der Waals surface area contributed by atoms with Gasteiger partial charge >= 0.3 is 11.9 Å². The minimum absolute atomic E-state index is 0.0498. The summed E-state index contributed by atoms with van der Waals surface area (Å²) in [5.41, 5.74) is -0.325. The second-order valence-electron chi connectivity index (χ2n) is 4.98. The molecule has 8 heteroatoms. The Bertz CT molecular complexity index is 878. The summed E-state index contributed by atoms with van der Waals surface area (Å²) in [6, 6.07) is 4.77. The SMILES string of the molecule is CCOC(=O)C(=CNc1coc2cc(OC)ccc2c1=O)C(=O)OCC. The average Bonchev–Trinajstić information content (AvgIpc) is 2.63. The van der Waals surface area contributed by atoms with Crippen molar-refractivity contribution in [2.24, 2.45) is 0 Å². The molecule has 1 N–H and O–H groups in total. The van der Waals surface area contributed by atoms with Crippen LogP contribution in [-0.4, -0.2) is 32.3 Å². The third-order valence-electron chi connectivity index (χ3n) is 3.34. The van der Waals surface area contributed by atoms with Gasteiger partial charge in [0.25, 0.3) is 0 Å². The normalized spacial score (nSPS) is 10.1. The summed E-state index contributed by atoms with van der Waals surface area (Å²) in [5, 5.41) is 2.93. The van der Waals surface area contributed by atoms with Crippen LogP contribution in [0.3, 0.4) is 0 Å². The smallest absolute Gasteiger partial charge is 0.347 e. The van der Waals surface area contributed by atoms with Gasteiger partial charge in [-0.25, -0.2) is 9.59 Å². The number of fused-ring (bicyclic) bond motifs is 1.